The van der Waals surface area contributed by atoms with Crippen LogP contribution in [0.4, 0.5) is 0 Å². The molecule has 1 heterocycles. The average molecular weight is 412 g/mol. The van der Waals surface area contributed by atoms with E-state index in [2.05, 4.69) is 5.32 Å². The monoisotopic (exact) mass is 412 g/mol. The summed E-state index contributed by atoms with van der Waals surface area (Å²) in [7, 11) is -2.51. The molecule has 1 saturated carbocycles. The highest BCUT2D eigenvalue weighted by molar-refractivity contribution is 7.89. The minimum absolute atomic E-state index is 0.0266. The van der Waals surface area contributed by atoms with Crippen molar-refractivity contribution in [3.05, 3.63) is 23.8 Å². The number of morpholine rings is 1. The molecule has 1 N–H and O–H groups in total. The van der Waals surface area contributed by atoms with Crippen molar-refractivity contribution >= 4 is 21.9 Å². The Morgan fingerprint density at radius 3 is 2.54 bits per heavy atom. The van der Waals surface area contributed by atoms with Gasteiger partial charge >= 0.3 is 5.97 Å². The highest BCUT2D eigenvalue weighted by Crippen LogP contribution is 2.29. The van der Waals surface area contributed by atoms with Gasteiger partial charge in [0.2, 0.25) is 10.0 Å². The number of sulfonamides is 1. The van der Waals surface area contributed by atoms with Crippen molar-refractivity contribution in [2.45, 2.75) is 36.8 Å². The Kier molecular flexibility index (Phi) is 6.21. The van der Waals surface area contributed by atoms with Gasteiger partial charge in [0.1, 0.15) is 10.6 Å². The number of carbonyl (C=O) groups is 2. The second-order valence-corrected chi connectivity index (χ2v) is 8.62. The number of hydrogen-bond donors (Lipinski definition) is 1. The molecule has 0 unspecified atom stereocenters. The van der Waals surface area contributed by atoms with E-state index in [0.717, 1.165) is 12.8 Å². The summed E-state index contributed by atoms with van der Waals surface area (Å²) >= 11 is 0. The zero-order chi connectivity index (χ0) is 20.3. The smallest absolute Gasteiger partial charge is 0.338 e. The van der Waals surface area contributed by atoms with Crippen LogP contribution in [0, 0.1) is 0 Å². The third-order valence-electron chi connectivity index (χ3n) is 4.56. The van der Waals surface area contributed by atoms with Crippen LogP contribution in [-0.2, 0) is 24.3 Å². The molecule has 2 fully saturated rings. The van der Waals surface area contributed by atoms with Gasteiger partial charge in [0.15, 0.2) is 6.10 Å². The molecule has 9 nitrogen and oxygen atoms in total. The van der Waals surface area contributed by atoms with E-state index in [9.17, 15) is 18.0 Å². The van der Waals surface area contributed by atoms with Gasteiger partial charge in [-0.05, 0) is 38.0 Å². The van der Waals surface area contributed by atoms with E-state index in [0.29, 0.717) is 13.2 Å². The first-order valence-corrected chi connectivity index (χ1v) is 10.5. The Hall–Kier alpha value is -2.17. The van der Waals surface area contributed by atoms with Gasteiger partial charge in [-0.25, -0.2) is 13.2 Å². The van der Waals surface area contributed by atoms with Crippen LogP contribution in [0.1, 0.15) is 30.1 Å². The number of carbonyl (C=O) groups excluding carboxylic acids is 2. The molecule has 1 aromatic rings. The van der Waals surface area contributed by atoms with Crippen molar-refractivity contribution in [2.24, 2.45) is 0 Å². The van der Waals surface area contributed by atoms with Gasteiger partial charge in [0, 0.05) is 19.1 Å². The molecule has 0 spiro atoms. The summed E-state index contributed by atoms with van der Waals surface area (Å²) in [5, 5.41) is 2.76. The third-order valence-corrected chi connectivity index (χ3v) is 6.48. The highest BCUT2D eigenvalue weighted by atomic mass is 32.2. The van der Waals surface area contributed by atoms with Gasteiger partial charge in [0.25, 0.3) is 5.91 Å². The van der Waals surface area contributed by atoms with E-state index < -0.39 is 22.1 Å². The summed E-state index contributed by atoms with van der Waals surface area (Å²) in [5.74, 6) is -1.02. The number of ether oxygens (including phenoxy) is 3. The van der Waals surface area contributed by atoms with Crippen molar-refractivity contribution in [2.75, 3.05) is 33.4 Å². The van der Waals surface area contributed by atoms with E-state index in [1.165, 1.54) is 36.5 Å². The molecule has 0 aromatic heterocycles. The molecule has 1 atom stereocenters. The molecule has 28 heavy (non-hydrogen) atoms. The largest absolute Gasteiger partial charge is 0.495 e. The Morgan fingerprint density at radius 1 is 1.25 bits per heavy atom. The minimum atomic E-state index is -3.87. The van der Waals surface area contributed by atoms with Gasteiger partial charge in [-0.2, -0.15) is 4.31 Å². The number of nitrogens with one attached hydrogen (secondary N) is 1. The lowest BCUT2D eigenvalue weighted by atomic mass is 10.2. The summed E-state index contributed by atoms with van der Waals surface area (Å²) in [5.41, 5.74) is 0.0266. The number of nitrogens with zero attached hydrogens (tertiary/aromatic N) is 1. The third kappa shape index (κ3) is 4.62. The second-order valence-electron chi connectivity index (χ2n) is 6.71. The highest BCUT2D eigenvalue weighted by Gasteiger charge is 2.31. The zero-order valence-corrected chi connectivity index (χ0v) is 16.7. The van der Waals surface area contributed by atoms with Crippen LogP contribution in [0.15, 0.2) is 23.1 Å². The standard InChI is InChI=1S/C18H24N2O7S/c1-12(17(21)19-14-4-5-14)27-18(22)13-3-6-15(25-2)16(11-13)28(23,24)20-7-9-26-10-8-20/h3,6,11-12,14H,4-5,7-10H2,1-2H3,(H,19,21)/t12-/m0/s1. The van der Waals surface area contributed by atoms with E-state index in [1.807, 2.05) is 0 Å². The topological polar surface area (TPSA) is 111 Å². The second kappa shape index (κ2) is 8.46. The lowest BCUT2D eigenvalue weighted by molar-refractivity contribution is -0.129. The molecule has 1 amide bonds. The van der Waals surface area contributed by atoms with Crippen LogP contribution in [0.3, 0.4) is 0 Å². The molecule has 2 aliphatic rings. The number of benzene rings is 1. The van der Waals surface area contributed by atoms with Crippen molar-refractivity contribution in [3.63, 3.8) is 0 Å². The lowest BCUT2D eigenvalue weighted by Crippen LogP contribution is -2.40. The summed E-state index contributed by atoms with van der Waals surface area (Å²) in [6.45, 7) is 2.52. The fraction of sp³-hybridized carbons (Fsp3) is 0.556. The lowest BCUT2D eigenvalue weighted by Gasteiger charge is -2.26. The van der Waals surface area contributed by atoms with Gasteiger partial charge < -0.3 is 19.5 Å². The number of hydrogen-bond acceptors (Lipinski definition) is 7. The SMILES string of the molecule is COc1ccc(C(=O)O[C@@H](C)C(=O)NC2CC2)cc1S(=O)(=O)N1CCOCC1. The van der Waals surface area contributed by atoms with Crippen LogP contribution >= 0.6 is 0 Å². The maximum atomic E-state index is 13.0. The van der Waals surface area contributed by atoms with Crippen LogP contribution < -0.4 is 10.1 Å². The van der Waals surface area contributed by atoms with Gasteiger partial charge in [0.05, 0.1) is 25.9 Å². The number of rotatable bonds is 7. The first-order chi connectivity index (χ1) is 13.3. The summed E-state index contributed by atoms with van der Waals surface area (Å²) < 4.78 is 42.8. The molecule has 0 bridgehead atoms. The van der Waals surface area contributed by atoms with E-state index in [1.54, 1.807) is 0 Å². The Morgan fingerprint density at radius 2 is 1.93 bits per heavy atom. The molecule has 10 heteroatoms. The fourth-order valence-electron chi connectivity index (χ4n) is 2.76. The Labute approximate surface area is 164 Å². The quantitative estimate of drug-likeness (QED) is 0.651. The summed E-state index contributed by atoms with van der Waals surface area (Å²) in [4.78, 5) is 24.3. The molecule has 1 saturated heterocycles. The summed E-state index contributed by atoms with van der Waals surface area (Å²) in [6.07, 6.45) is 0.871. The maximum absolute atomic E-state index is 13.0. The first-order valence-electron chi connectivity index (χ1n) is 9.10. The molecule has 1 aliphatic carbocycles. The minimum Gasteiger partial charge on any atom is -0.495 e. The average Bonchev–Trinajstić information content (AvgIpc) is 3.52. The van der Waals surface area contributed by atoms with Crippen molar-refractivity contribution < 1.29 is 32.2 Å². The van der Waals surface area contributed by atoms with Gasteiger partial charge in [-0.15, -0.1) is 0 Å². The predicted molar refractivity (Wildman–Crippen MR) is 98.6 cm³/mol. The molecular formula is C18H24N2O7S. The number of methoxy groups -OCH3 is 1. The molecule has 0 radical (unpaired) electrons. The van der Waals surface area contributed by atoms with E-state index >= 15 is 0 Å². The van der Waals surface area contributed by atoms with Crippen molar-refractivity contribution in [1.82, 2.24) is 9.62 Å². The van der Waals surface area contributed by atoms with Gasteiger partial charge in [-0.1, -0.05) is 0 Å². The molecule has 1 aliphatic heterocycles. The molecule has 154 valence electrons. The first kappa shape index (κ1) is 20.6. The van der Waals surface area contributed by atoms with E-state index in [-0.39, 0.29) is 41.2 Å². The number of esters is 1. The van der Waals surface area contributed by atoms with Crippen LogP contribution in [-0.4, -0.2) is 70.2 Å². The van der Waals surface area contributed by atoms with Gasteiger partial charge in [-0.3, -0.25) is 4.79 Å². The van der Waals surface area contributed by atoms with Crippen LogP contribution in [0.25, 0.3) is 0 Å². The zero-order valence-electron chi connectivity index (χ0n) is 15.8. The Bertz CT molecular complexity index is 845. The van der Waals surface area contributed by atoms with E-state index in [4.69, 9.17) is 14.2 Å². The predicted octanol–water partition coefficient (Wildman–Crippen LogP) is 0.540. The van der Waals surface area contributed by atoms with Crippen molar-refractivity contribution in [1.29, 1.82) is 0 Å². The molecule has 3 rings (SSSR count). The molecular weight excluding hydrogens is 388 g/mol. The fourth-order valence-corrected chi connectivity index (χ4v) is 4.35. The molecule has 1 aromatic carbocycles. The Balaban J connectivity index is 1.79. The number of amides is 1. The normalized spacial score (nSPS) is 18.9. The van der Waals surface area contributed by atoms with Crippen LogP contribution in [0.5, 0.6) is 5.75 Å². The van der Waals surface area contributed by atoms with Crippen molar-refractivity contribution in [3.8, 4) is 5.75 Å². The van der Waals surface area contributed by atoms with Crippen LogP contribution in [0.2, 0.25) is 0 Å². The maximum Gasteiger partial charge on any atom is 0.338 e. The summed E-state index contributed by atoms with van der Waals surface area (Å²) in [6, 6.07) is 4.18.